The lowest BCUT2D eigenvalue weighted by Gasteiger charge is -2.26. The highest BCUT2D eigenvalue weighted by atomic mass is 32.2. The van der Waals surface area contributed by atoms with Crippen LogP contribution in [0.5, 0.6) is 11.5 Å². The summed E-state index contributed by atoms with van der Waals surface area (Å²) in [5.74, 6) is 2.15. The molecular formula is C16H26N4O4S. The summed E-state index contributed by atoms with van der Waals surface area (Å²) >= 11 is 0. The molecule has 1 saturated heterocycles. The Morgan fingerprint density at radius 1 is 1.24 bits per heavy atom. The molecule has 1 heterocycles. The Bertz CT molecular complexity index is 692. The molecule has 3 N–H and O–H groups in total. The number of sulfone groups is 1. The molecule has 0 saturated carbocycles. The van der Waals surface area contributed by atoms with E-state index in [1.165, 1.54) is 0 Å². The number of benzene rings is 1. The molecule has 0 amide bonds. The van der Waals surface area contributed by atoms with Crippen LogP contribution in [0.1, 0.15) is 5.56 Å². The molecule has 0 aromatic heterocycles. The first-order valence-electron chi connectivity index (χ1n) is 8.11. The van der Waals surface area contributed by atoms with Crippen molar-refractivity contribution >= 4 is 15.8 Å². The monoisotopic (exact) mass is 370 g/mol. The minimum absolute atomic E-state index is 0.232. The van der Waals surface area contributed by atoms with Crippen molar-refractivity contribution in [2.24, 2.45) is 10.7 Å². The van der Waals surface area contributed by atoms with E-state index < -0.39 is 9.84 Å². The van der Waals surface area contributed by atoms with Crippen LogP contribution in [-0.2, 0) is 16.4 Å². The third-order valence-electron chi connectivity index (χ3n) is 4.05. The first-order chi connectivity index (χ1) is 11.9. The van der Waals surface area contributed by atoms with Gasteiger partial charge in [-0.1, -0.05) is 6.07 Å². The quantitative estimate of drug-likeness (QED) is 0.507. The predicted molar refractivity (Wildman–Crippen MR) is 98.0 cm³/mol. The first kappa shape index (κ1) is 19.3. The molecule has 8 nitrogen and oxygen atoms in total. The Hall–Kier alpha value is -2.00. The number of rotatable bonds is 7. The van der Waals surface area contributed by atoms with E-state index >= 15 is 0 Å². The fraction of sp³-hybridized carbons (Fsp3) is 0.562. The molecule has 0 aliphatic carbocycles. The SMILES string of the molecule is COc1ccc(CN=C(N)NCCN2CCS(=O)(=O)CC2)cc1OC. The first-order valence-corrected chi connectivity index (χ1v) is 9.93. The van der Waals surface area contributed by atoms with Gasteiger partial charge in [-0.05, 0) is 17.7 Å². The molecule has 25 heavy (non-hydrogen) atoms. The number of ether oxygens (including phenoxy) is 2. The van der Waals surface area contributed by atoms with Crippen LogP contribution in [0.4, 0.5) is 0 Å². The summed E-state index contributed by atoms with van der Waals surface area (Å²) in [6.07, 6.45) is 0. The lowest BCUT2D eigenvalue weighted by molar-refractivity contribution is 0.300. The Morgan fingerprint density at radius 3 is 2.56 bits per heavy atom. The fourth-order valence-electron chi connectivity index (χ4n) is 2.53. The largest absolute Gasteiger partial charge is 0.493 e. The van der Waals surface area contributed by atoms with Crippen molar-refractivity contribution in [2.45, 2.75) is 6.54 Å². The highest BCUT2D eigenvalue weighted by molar-refractivity contribution is 7.91. The van der Waals surface area contributed by atoms with E-state index in [0.717, 1.165) is 12.1 Å². The van der Waals surface area contributed by atoms with Gasteiger partial charge in [0, 0.05) is 26.2 Å². The summed E-state index contributed by atoms with van der Waals surface area (Å²) in [7, 11) is 0.346. The lowest BCUT2D eigenvalue weighted by Crippen LogP contribution is -2.44. The van der Waals surface area contributed by atoms with Crippen molar-refractivity contribution < 1.29 is 17.9 Å². The lowest BCUT2D eigenvalue weighted by atomic mass is 10.2. The average molecular weight is 370 g/mol. The van der Waals surface area contributed by atoms with Crippen molar-refractivity contribution in [3.8, 4) is 11.5 Å². The molecule has 0 atom stereocenters. The van der Waals surface area contributed by atoms with Gasteiger partial charge >= 0.3 is 0 Å². The minimum atomic E-state index is -2.84. The zero-order chi connectivity index (χ0) is 18.3. The van der Waals surface area contributed by atoms with Gasteiger partial charge in [-0.15, -0.1) is 0 Å². The Labute approximate surface area is 148 Å². The predicted octanol–water partition coefficient (Wildman–Crippen LogP) is -0.161. The van der Waals surface area contributed by atoms with Gasteiger partial charge in [0.2, 0.25) is 0 Å². The number of guanidine groups is 1. The van der Waals surface area contributed by atoms with Crippen LogP contribution < -0.4 is 20.5 Å². The third-order valence-corrected chi connectivity index (χ3v) is 5.66. The van der Waals surface area contributed by atoms with Crippen LogP contribution in [0, 0.1) is 0 Å². The molecule has 1 aliphatic heterocycles. The summed E-state index contributed by atoms with van der Waals surface area (Å²) < 4.78 is 33.2. The van der Waals surface area contributed by atoms with Crippen LogP contribution in [0.2, 0.25) is 0 Å². The standard InChI is InChI=1S/C16H26N4O4S/c1-23-14-4-3-13(11-15(14)24-2)12-19-16(17)18-5-6-20-7-9-25(21,22)10-8-20/h3-4,11H,5-10,12H2,1-2H3,(H3,17,18,19). The number of nitrogens with zero attached hydrogens (tertiary/aromatic N) is 2. The third kappa shape index (κ3) is 6.09. The van der Waals surface area contributed by atoms with Gasteiger partial charge < -0.3 is 20.5 Å². The minimum Gasteiger partial charge on any atom is -0.493 e. The van der Waals surface area contributed by atoms with Crippen molar-refractivity contribution in [1.82, 2.24) is 10.2 Å². The van der Waals surface area contributed by atoms with Crippen LogP contribution in [0.25, 0.3) is 0 Å². The van der Waals surface area contributed by atoms with Gasteiger partial charge in [-0.3, -0.25) is 4.90 Å². The molecule has 1 aliphatic rings. The Balaban J connectivity index is 1.76. The summed E-state index contributed by atoms with van der Waals surface area (Å²) in [5, 5.41) is 3.05. The van der Waals surface area contributed by atoms with Gasteiger partial charge in [0.05, 0.1) is 32.3 Å². The fourth-order valence-corrected chi connectivity index (χ4v) is 3.80. The molecule has 140 valence electrons. The number of nitrogens with one attached hydrogen (secondary N) is 1. The molecule has 1 aromatic carbocycles. The molecule has 0 bridgehead atoms. The zero-order valence-corrected chi connectivity index (χ0v) is 15.5. The molecule has 1 aromatic rings. The number of aliphatic imine (C=N–C) groups is 1. The second kappa shape index (κ2) is 8.91. The molecule has 1 fully saturated rings. The molecule has 0 unspecified atom stereocenters. The maximum Gasteiger partial charge on any atom is 0.188 e. The molecule has 9 heteroatoms. The highest BCUT2D eigenvalue weighted by Crippen LogP contribution is 2.27. The Morgan fingerprint density at radius 2 is 1.92 bits per heavy atom. The summed E-state index contributed by atoms with van der Waals surface area (Å²) in [4.78, 5) is 6.41. The van der Waals surface area contributed by atoms with Crippen LogP contribution in [0.15, 0.2) is 23.2 Å². The van der Waals surface area contributed by atoms with Gasteiger partial charge in [-0.2, -0.15) is 0 Å². The van der Waals surface area contributed by atoms with Crippen molar-refractivity contribution in [3.05, 3.63) is 23.8 Å². The number of nitrogens with two attached hydrogens (primary N) is 1. The molecule has 0 spiro atoms. The van der Waals surface area contributed by atoms with E-state index in [9.17, 15) is 8.42 Å². The van der Waals surface area contributed by atoms with Crippen LogP contribution in [-0.4, -0.2) is 71.2 Å². The van der Waals surface area contributed by atoms with E-state index in [1.807, 2.05) is 18.2 Å². The van der Waals surface area contributed by atoms with Crippen molar-refractivity contribution in [1.29, 1.82) is 0 Å². The molecule has 0 radical (unpaired) electrons. The summed E-state index contributed by atoms with van der Waals surface area (Å²) in [6.45, 7) is 2.95. The average Bonchev–Trinajstić information content (AvgIpc) is 2.61. The van der Waals surface area contributed by atoms with Gasteiger partial charge in [0.15, 0.2) is 27.3 Å². The van der Waals surface area contributed by atoms with E-state index in [0.29, 0.717) is 43.6 Å². The normalized spacial score (nSPS) is 17.9. The summed E-state index contributed by atoms with van der Waals surface area (Å²) in [5.41, 5.74) is 6.84. The van der Waals surface area contributed by atoms with Gasteiger partial charge in [0.25, 0.3) is 0 Å². The number of methoxy groups -OCH3 is 2. The number of hydrogen-bond donors (Lipinski definition) is 2. The van der Waals surface area contributed by atoms with E-state index in [2.05, 4.69) is 15.2 Å². The maximum atomic E-state index is 11.4. The second-order valence-electron chi connectivity index (χ2n) is 5.81. The van der Waals surface area contributed by atoms with Gasteiger partial charge in [-0.25, -0.2) is 13.4 Å². The summed E-state index contributed by atoms with van der Waals surface area (Å²) in [6, 6.07) is 5.60. The smallest absolute Gasteiger partial charge is 0.188 e. The van der Waals surface area contributed by atoms with Crippen molar-refractivity contribution in [2.75, 3.05) is 51.9 Å². The van der Waals surface area contributed by atoms with E-state index in [1.54, 1.807) is 14.2 Å². The number of hydrogen-bond acceptors (Lipinski definition) is 6. The van der Waals surface area contributed by atoms with Crippen molar-refractivity contribution in [3.63, 3.8) is 0 Å². The zero-order valence-electron chi connectivity index (χ0n) is 14.7. The van der Waals surface area contributed by atoms with Crippen LogP contribution in [0.3, 0.4) is 0 Å². The van der Waals surface area contributed by atoms with E-state index in [4.69, 9.17) is 15.2 Å². The van der Waals surface area contributed by atoms with E-state index in [-0.39, 0.29) is 11.5 Å². The molecular weight excluding hydrogens is 344 g/mol. The highest BCUT2D eigenvalue weighted by Gasteiger charge is 2.20. The second-order valence-corrected chi connectivity index (χ2v) is 8.11. The maximum absolute atomic E-state index is 11.4. The van der Waals surface area contributed by atoms with Crippen LogP contribution >= 0.6 is 0 Å². The topological polar surface area (TPSA) is 106 Å². The van der Waals surface area contributed by atoms with Gasteiger partial charge in [0.1, 0.15) is 0 Å². The Kier molecular flexibility index (Phi) is 6.89. The molecule has 2 rings (SSSR count).